The quantitative estimate of drug-likeness (QED) is 0.565. The molecule has 0 amide bonds. The van der Waals surface area contributed by atoms with Crippen molar-refractivity contribution < 1.29 is 0 Å². The molecule has 2 nitrogen and oxygen atoms in total. The molecule has 1 aromatic heterocycles. The van der Waals surface area contributed by atoms with Gasteiger partial charge in [0.2, 0.25) is 0 Å². The van der Waals surface area contributed by atoms with E-state index in [1.165, 1.54) is 11.1 Å². The fourth-order valence-electron chi connectivity index (χ4n) is 2.57. The van der Waals surface area contributed by atoms with Gasteiger partial charge in [0.05, 0.1) is 23.0 Å². The zero-order valence-electron chi connectivity index (χ0n) is 12.0. The zero-order valence-corrected chi connectivity index (χ0v) is 14.3. The van der Waals surface area contributed by atoms with Crippen molar-refractivity contribution in [3.63, 3.8) is 0 Å². The number of hydrogen-bond acceptors (Lipinski definition) is 1. The fourth-order valence-corrected chi connectivity index (χ4v) is 3.15. The van der Waals surface area contributed by atoms with Gasteiger partial charge in [-0.3, -0.25) is 0 Å². The average molecular weight is 364 g/mol. The highest BCUT2D eigenvalue weighted by Gasteiger charge is 2.16. The molecule has 0 aliphatic heterocycles. The second-order valence-electron chi connectivity index (χ2n) is 5.21. The maximum absolute atomic E-state index is 6.34. The Kier molecular flexibility index (Phi) is 4.05. The lowest BCUT2D eigenvalue weighted by Crippen LogP contribution is -2.06. The fraction of sp³-hybridized carbons (Fsp3) is 0.235. The molecule has 0 aliphatic rings. The van der Waals surface area contributed by atoms with E-state index in [0.29, 0.717) is 0 Å². The summed E-state index contributed by atoms with van der Waals surface area (Å²) in [4.78, 5) is 4.75. The van der Waals surface area contributed by atoms with E-state index in [4.69, 9.17) is 16.6 Å². The van der Waals surface area contributed by atoms with Gasteiger partial charge < -0.3 is 4.57 Å². The van der Waals surface area contributed by atoms with Gasteiger partial charge in [0.15, 0.2) is 0 Å². The minimum atomic E-state index is -0.126. The first-order valence-corrected chi connectivity index (χ1v) is 8.14. The molecule has 1 atom stereocenters. The molecule has 108 valence electrons. The molecule has 3 aromatic rings. The Labute approximate surface area is 137 Å². The van der Waals surface area contributed by atoms with Crippen LogP contribution in [0.2, 0.25) is 0 Å². The molecule has 0 bridgehead atoms. The van der Waals surface area contributed by atoms with E-state index in [1.807, 2.05) is 19.1 Å². The number of aryl methyl sites for hydroxylation is 1. The lowest BCUT2D eigenvalue weighted by Gasteiger charge is -2.12. The molecule has 0 N–H and O–H groups in total. The molecule has 0 saturated carbocycles. The number of para-hydroxylation sites is 1. The molecule has 21 heavy (non-hydrogen) atoms. The van der Waals surface area contributed by atoms with Crippen LogP contribution in [0, 0.1) is 6.92 Å². The number of imidazole rings is 1. The zero-order chi connectivity index (χ0) is 15.0. The van der Waals surface area contributed by atoms with Crippen molar-refractivity contribution in [2.45, 2.75) is 25.8 Å². The highest BCUT2D eigenvalue weighted by molar-refractivity contribution is 9.10. The number of rotatable bonds is 3. The Hall–Kier alpha value is -1.32. The smallest absolute Gasteiger partial charge is 0.128 e. The molecule has 4 heteroatoms. The van der Waals surface area contributed by atoms with Crippen molar-refractivity contribution in [2.24, 2.45) is 0 Å². The largest absolute Gasteiger partial charge is 0.322 e. The standard InChI is InChI=1S/C17H16BrClN2/c1-11-6-5-9-15-16(11)20-17(12(2)19)21(15)10-13-7-3-4-8-14(13)18/h3-9,12H,10H2,1-2H3. The van der Waals surface area contributed by atoms with Gasteiger partial charge in [0, 0.05) is 4.47 Å². The van der Waals surface area contributed by atoms with Gasteiger partial charge in [-0.05, 0) is 37.1 Å². The van der Waals surface area contributed by atoms with Crippen LogP contribution in [-0.4, -0.2) is 9.55 Å². The summed E-state index contributed by atoms with van der Waals surface area (Å²) in [5.74, 6) is 0.914. The van der Waals surface area contributed by atoms with Crippen molar-refractivity contribution in [3.8, 4) is 0 Å². The van der Waals surface area contributed by atoms with Gasteiger partial charge in [-0.2, -0.15) is 0 Å². The second-order valence-corrected chi connectivity index (χ2v) is 6.72. The molecule has 0 saturated heterocycles. The third-order valence-electron chi connectivity index (χ3n) is 3.65. The summed E-state index contributed by atoms with van der Waals surface area (Å²) < 4.78 is 3.31. The third-order valence-corrected chi connectivity index (χ3v) is 4.62. The van der Waals surface area contributed by atoms with Gasteiger partial charge in [0.25, 0.3) is 0 Å². The van der Waals surface area contributed by atoms with Crippen molar-refractivity contribution in [2.75, 3.05) is 0 Å². The predicted octanol–water partition coefficient (Wildman–Crippen LogP) is 5.46. The van der Waals surface area contributed by atoms with Crippen molar-refractivity contribution >= 4 is 38.6 Å². The molecule has 0 spiro atoms. The van der Waals surface area contributed by atoms with Crippen LogP contribution >= 0.6 is 27.5 Å². The summed E-state index contributed by atoms with van der Waals surface area (Å²) in [5.41, 5.74) is 4.56. The van der Waals surface area contributed by atoms with E-state index in [9.17, 15) is 0 Å². The van der Waals surface area contributed by atoms with E-state index in [1.54, 1.807) is 0 Å². The van der Waals surface area contributed by atoms with Crippen LogP contribution in [0.1, 0.15) is 29.3 Å². The van der Waals surface area contributed by atoms with E-state index < -0.39 is 0 Å². The predicted molar refractivity (Wildman–Crippen MR) is 92.0 cm³/mol. The topological polar surface area (TPSA) is 17.8 Å². The number of alkyl halides is 1. The molecule has 1 unspecified atom stereocenters. The van der Waals surface area contributed by atoms with Gasteiger partial charge in [-0.25, -0.2) is 4.98 Å². The van der Waals surface area contributed by atoms with Crippen LogP contribution in [0.5, 0.6) is 0 Å². The Balaban J connectivity index is 2.19. The number of fused-ring (bicyclic) bond motifs is 1. The van der Waals surface area contributed by atoms with E-state index in [0.717, 1.165) is 27.9 Å². The van der Waals surface area contributed by atoms with Gasteiger partial charge >= 0.3 is 0 Å². The van der Waals surface area contributed by atoms with Crippen molar-refractivity contribution in [3.05, 3.63) is 63.9 Å². The van der Waals surface area contributed by atoms with Crippen LogP contribution in [0.3, 0.4) is 0 Å². The second kappa shape index (κ2) is 5.82. The van der Waals surface area contributed by atoms with E-state index in [-0.39, 0.29) is 5.38 Å². The summed E-state index contributed by atoms with van der Waals surface area (Å²) in [6.45, 7) is 4.81. The lowest BCUT2D eigenvalue weighted by molar-refractivity contribution is 0.740. The maximum Gasteiger partial charge on any atom is 0.128 e. The number of hydrogen-bond donors (Lipinski definition) is 0. The minimum absolute atomic E-state index is 0.126. The summed E-state index contributed by atoms with van der Waals surface area (Å²) in [6.07, 6.45) is 0. The monoisotopic (exact) mass is 362 g/mol. The molecular weight excluding hydrogens is 348 g/mol. The van der Waals surface area contributed by atoms with Crippen LogP contribution in [0.15, 0.2) is 46.9 Å². The van der Waals surface area contributed by atoms with Crippen LogP contribution in [0.4, 0.5) is 0 Å². The summed E-state index contributed by atoms with van der Waals surface area (Å²) >= 11 is 9.96. The Morgan fingerprint density at radius 3 is 2.67 bits per heavy atom. The minimum Gasteiger partial charge on any atom is -0.322 e. The highest BCUT2D eigenvalue weighted by atomic mass is 79.9. The summed E-state index contributed by atoms with van der Waals surface area (Å²) in [7, 11) is 0. The van der Waals surface area contributed by atoms with Crippen molar-refractivity contribution in [1.82, 2.24) is 9.55 Å². The Morgan fingerprint density at radius 1 is 1.19 bits per heavy atom. The van der Waals surface area contributed by atoms with E-state index in [2.05, 4.69) is 57.8 Å². The van der Waals surface area contributed by atoms with Crippen LogP contribution < -0.4 is 0 Å². The number of aromatic nitrogens is 2. The van der Waals surface area contributed by atoms with Crippen molar-refractivity contribution in [1.29, 1.82) is 0 Å². The third kappa shape index (κ3) is 2.72. The number of benzene rings is 2. The first-order chi connectivity index (χ1) is 10.1. The molecule has 2 aromatic carbocycles. The molecule has 0 aliphatic carbocycles. The number of halogens is 2. The summed E-state index contributed by atoms with van der Waals surface area (Å²) in [5, 5.41) is -0.126. The highest BCUT2D eigenvalue weighted by Crippen LogP contribution is 2.28. The molecule has 0 fully saturated rings. The van der Waals surface area contributed by atoms with Crippen LogP contribution in [0.25, 0.3) is 11.0 Å². The first-order valence-electron chi connectivity index (χ1n) is 6.91. The average Bonchev–Trinajstić information content (AvgIpc) is 2.82. The normalized spacial score (nSPS) is 12.8. The molecule has 1 heterocycles. The van der Waals surface area contributed by atoms with E-state index >= 15 is 0 Å². The van der Waals surface area contributed by atoms with Gasteiger partial charge in [-0.15, -0.1) is 11.6 Å². The SMILES string of the molecule is Cc1cccc2c1nc(C(C)Cl)n2Cc1ccccc1Br. The maximum atomic E-state index is 6.34. The van der Waals surface area contributed by atoms with Gasteiger partial charge in [0.1, 0.15) is 5.82 Å². The van der Waals surface area contributed by atoms with Crippen LogP contribution in [-0.2, 0) is 6.54 Å². The molecular formula is C17H16BrClN2. The summed E-state index contributed by atoms with van der Waals surface area (Å²) in [6, 6.07) is 14.5. The number of nitrogens with zero attached hydrogens (tertiary/aromatic N) is 2. The Bertz CT molecular complexity index is 793. The lowest BCUT2D eigenvalue weighted by atomic mass is 10.2. The first kappa shape index (κ1) is 14.6. The Morgan fingerprint density at radius 2 is 1.95 bits per heavy atom. The van der Waals surface area contributed by atoms with Gasteiger partial charge in [-0.1, -0.05) is 46.3 Å². The molecule has 0 radical (unpaired) electrons. The molecule has 3 rings (SSSR count).